The highest BCUT2D eigenvalue weighted by Crippen LogP contribution is 2.32. The van der Waals surface area contributed by atoms with Crippen LogP contribution in [-0.2, 0) is 0 Å². The van der Waals surface area contributed by atoms with Crippen LogP contribution in [0.3, 0.4) is 0 Å². The molecule has 0 radical (unpaired) electrons. The molecule has 3 heteroatoms. The standard InChI is InChI=1S/C14H26N2S/c1-10-7-8-13(17-10)12(9-15)16(6)11(2)14(3,4)5/h7-8,11-12H,9,15H2,1-6H3. The van der Waals surface area contributed by atoms with E-state index in [1.165, 1.54) is 9.75 Å². The molecule has 0 amide bonds. The maximum Gasteiger partial charge on any atom is 0.0564 e. The summed E-state index contributed by atoms with van der Waals surface area (Å²) >= 11 is 1.86. The largest absolute Gasteiger partial charge is 0.329 e. The van der Waals surface area contributed by atoms with Gasteiger partial charge < -0.3 is 5.73 Å². The molecule has 0 spiro atoms. The first-order valence-corrected chi connectivity index (χ1v) is 7.07. The van der Waals surface area contributed by atoms with Gasteiger partial charge in [0.2, 0.25) is 0 Å². The minimum absolute atomic E-state index is 0.272. The fourth-order valence-corrected chi connectivity index (χ4v) is 3.04. The lowest BCUT2D eigenvalue weighted by molar-refractivity contribution is 0.102. The number of likely N-dealkylation sites (N-methyl/N-ethyl adjacent to an activating group) is 1. The van der Waals surface area contributed by atoms with Crippen molar-refractivity contribution in [1.82, 2.24) is 4.90 Å². The van der Waals surface area contributed by atoms with Gasteiger partial charge in [0, 0.05) is 22.3 Å². The van der Waals surface area contributed by atoms with Crippen LogP contribution in [0, 0.1) is 12.3 Å². The van der Waals surface area contributed by atoms with Crippen LogP contribution in [0.5, 0.6) is 0 Å². The van der Waals surface area contributed by atoms with Crippen molar-refractivity contribution in [3.63, 3.8) is 0 Å². The molecular formula is C14H26N2S. The van der Waals surface area contributed by atoms with Gasteiger partial charge in [0.25, 0.3) is 0 Å². The monoisotopic (exact) mass is 254 g/mol. The first-order chi connectivity index (χ1) is 7.77. The lowest BCUT2D eigenvalue weighted by Gasteiger charge is -2.39. The van der Waals surface area contributed by atoms with E-state index in [9.17, 15) is 0 Å². The second kappa shape index (κ2) is 5.51. The Labute approximate surface area is 110 Å². The molecule has 0 bridgehead atoms. The molecule has 1 aromatic heterocycles. The topological polar surface area (TPSA) is 29.3 Å². The molecule has 1 rings (SSSR count). The van der Waals surface area contributed by atoms with E-state index in [4.69, 9.17) is 5.73 Å². The lowest BCUT2D eigenvalue weighted by atomic mass is 9.86. The summed E-state index contributed by atoms with van der Waals surface area (Å²) in [5, 5.41) is 0. The molecule has 1 aromatic rings. The van der Waals surface area contributed by atoms with Crippen LogP contribution in [0.2, 0.25) is 0 Å². The zero-order valence-corrected chi connectivity index (χ0v) is 12.8. The Balaban J connectivity index is 2.88. The maximum atomic E-state index is 5.96. The molecule has 2 nitrogen and oxygen atoms in total. The summed E-state index contributed by atoms with van der Waals surface area (Å²) in [6.07, 6.45) is 0. The highest BCUT2D eigenvalue weighted by atomic mass is 32.1. The molecule has 2 unspecified atom stereocenters. The van der Waals surface area contributed by atoms with Crippen LogP contribution in [0.4, 0.5) is 0 Å². The quantitative estimate of drug-likeness (QED) is 0.892. The van der Waals surface area contributed by atoms with E-state index in [0.29, 0.717) is 18.6 Å². The van der Waals surface area contributed by atoms with Crippen LogP contribution >= 0.6 is 11.3 Å². The van der Waals surface area contributed by atoms with Crippen LogP contribution in [-0.4, -0.2) is 24.5 Å². The normalized spacial score (nSPS) is 16.2. The zero-order valence-electron chi connectivity index (χ0n) is 11.9. The number of rotatable bonds is 4. The minimum atomic E-state index is 0.272. The highest BCUT2D eigenvalue weighted by Gasteiger charge is 2.29. The predicted molar refractivity (Wildman–Crippen MR) is 77.5 cm³/mol. The van der Waals surface area contributed by atoms with Crippen molar-refractivity contribution in [3.8, 4) is 0 Å². The SMILES string of the molecule is Cc1ccc(C(CN)N(C)C(C)C(C)(C)C)s1. The van der Waals surface area contributed by atoms with Gasteiger partial charge in [-0.1, -0.05) is 20.8 Å². The van der Waals surface area contributed by atoms with E-state index in [1.807, 2.05) is 11.3 Å². The average molecular weight is 254 g/mol. The van der Waals surface area contributed by atoms with Gasteiger partial charge in [-0.25, -0.2) is 0 Å². The van der Waals surface area contributed by atoms with Crippen LogP contribution < -0.4 is 5.73 Å². The van der Waals surface area contributed by atoms with Crippen LogP contribution in [0.25, 0.3) is 0 Å². The molecule has 17 heavy (non-hydrogen) atoms. The Kier molecular flexibility index (Phi) is 4.76. The van der Waals surface area contributed by atoms with Gasteiger partial charge in [0.05, 0.1) is 6.04 Å². The smallest absolute Gasteiger partial charge is 0.0564 e. The molecule has 2 N–H and O–H groups in total. The third-order valence-corrected chi connectivity index (χ3v) is 4.77. The van der Waals surface area contributed by atoms with Gasteiger partial charge in [-0.15, -0.1) is 11.3 Å². The molecule has 1 heterocycles. The van der Waals surface area contributed by atoms with Crippen molar-refractivity contribution in [3.05, 3.63) is 21.9 Å². The lowest BCUT2D eigenvalue weighted by Crippen LogP contribution is -2.43. The maximum absolute atomic E-state index is 5.96. The minimum Gasteiger partial charge on any atom is -0.329 e. The van der Waals surface area contributed by atoms with Crippen molar-refractivity contribution >= 4 is 11.3 Å². The number of thiophene rings is 1. The molecular weight excluding hydrogens is 228 g/mol. The van der Waals surface area contributed by atoms with Gasteiger partial charge in [-0.2, -0.15) is 0 Å². The first-order valence-electron chi connectivity index (χ1n) is 6.25. The molecule has 0 aliphatic heterocycles. The number of nitrogens with two attached hydrogens (primary N) is 1. The molecule has 0 fully saturated rings. The van der Waals surface area contributed by atoms with E-state index in [-0.39, 0.29) is 5.41 Å². The summed E-state index contributed by atoms with van der Waals surface area (Å²) in [6, 6.07) is 5.23. The van der Waals surface area contributed by atoms with Crippen molar-refractivity contribution in [2.45, 2.75) is 46.7 Å². The summed E-state index contributed by atoms with van der Waals surface area (Å²) in [5.74, 6) is 0. The second-order valence-corrected chi connectivity index (χ2v) is 7.23. The summed E-state index contributed by atoms with van der Waals surface area (Å²) in [7, 11) is 2.18. The number of hydrogen-bond donors (Lipinski definition) is 1. The van der Waals surface area contributed by atoms with E-state index in [0.717, 1.165) is 0 Å². The molecule has 98 valence electrons. The fraction of sp³-hybridized carbons (Fsp3) is 0.714. The second-order valence-electron chi connectivity index (χ2n) is 5.91. The van der Waals surface area contributed by atoms with Crippen LogP contribution in [0.1, 0.15) is 43.5 Å². The molecule has 2 atom stereocenters. The van der Waals surface area contributed by atoms with E-state index >= 15 is 0 Å². The summed E-state index contributed by atoms with van der Waals surface area (Å²) in [4.78, 5) is 5.14. The van der Waals surface area contributed by atoms with Gasteiger partial charge in [0.1, 0.15) is 0 Å². The first kappa shape index (κ1) is 14.7. The molecule has 0 aliphatic carbocycles. The van der Waals surface area contributed by atoms with Gasteiger partial charge in [-0.3, -0.25) is 4.90 Å². The van der Waals surface area contributed by atoms with Gasteiger partial charge >= 0.3 is 0 Å². The Hall–Kier alpha value is -0.380. The summed E-state index contributed by atoms with van der Waals surface area (Å²) in [6.45, 7) is 11.9. The fourth-order valence-electron chi connectivity index (χ4n) is 2.00. The van der Waals surface area contributed by atoms with E-state index in [1.54, 1.807) is 0 Å². The average Bonchev–Trinajstić information content (AvgIpc) is 2.63. The van der Waals surface area contributed by atoms with E-state index in [2.05, 4.69) is 58.7 Å². The van der Waals surface area contributed by atoms with Crippen molar-refractivity contribution in [2.24, 2.45) is 11.1 Å². The molecule has 0 saturated carbocycles. The number of nitrogens with zero attached hydrogens (tertiary/aromatic N) is 1. The Bertz CT molecular complexity index is 351. The number of aryl methyl sites for hydroxylation is 1. The van der Waals surface area contributed by atoms with Crippen molar-refractivity contribution in [2.75, 3.05) is 13.6 Å². The van der Waals surface area contributed by atoms with Crippen molar-refractivity contribution in [1.29, 1.82) is 0 Å². The van der Waals surface area contributed by atoms with Gasteiger partial charge in [0.15, 0.2) is 0 Å². The molecule has 0 aliphatic rings. The molecule has 0 saturated heterocycles. The summed E-state index contributed by atoms with van der Waals surface area (Å²) in [5.41, 5.74) is 6.23. The third kappa shape index (κ3) is 3.54. The zero-order chi connectivity index (χ0) is 13.2. The van der Waals surface area contributed by atoms with E-state index < -0.39 is 0 Å². The number of hydrogen-bond acceptors (Lipinski definition) is 3. The summed E-state index contributed by atoms with van der Waals surface area (Å²) < 4.78 is 0. The molecule has 0 aromatic carbocycles. The third-order valence-electron chi connectivity index (χ3n) is 3.67. The van der Waals surface area contributed by atoms with Crippen molar-refractivity contribution < 1.29 is 0 Å². The van der Waals surface area contributed by atoms with Gasteiger partial charge in [-0.05, 0) is 38.4 Å². The Morgan fingerprint density at radius 1 is 1.35 bits per heavy atom. The Morgan fingerprint density at radius 2 is 1.94 bits per heavy atom. The van der Waals surface area contributed by atoms with Crippen LogP contribution in [0.15, 0.2) is 12.1 Å². The highest BCUT2D eigenvalue weighted by molar-refractivity contribution is 7.12. The Morgan fingerprint density at radius 3 is 2.29 bits per heavy atom. The predicted octanol–water partition coefficient (Wildman–Crippen LogP) is 3.42.